The average molecular weight is 726 g/mol. The lowest BCUT2D eigenvalue weighted by Gasteiger charge is -2.33. The number of carbonyl (C=O) groups is 2. The summed E-state index contributed by atoms with van der Waals surface area (Å²) in [6.45, 7) is 5.54. The van der Waals surface area contributed by atoms with E-state index in [2.05, 4.69) is 21.3 Å². The van der Waals surface area contributed by atoms with Gasteiger partial charge in [0.25, 0.3) is 0 Å². The Balaban J connectivity index is 0.000000265. The van der Waals surface area contributed by atoms with Crippen LogP contribution in [0.3, 0.4) is 0 Å². The van der Waals surface area contributed by atoms with Crippen molar-refractivity contribution in [1.82, 2.24) is 9.97 Å². The molecule has 0 saturated heterocycles. The summed E-state index contributed by atoms with van der Waals surface area (Å²) in [4.78, 5) is 30.8. The van der Waals surface area contributed by atoms with Gasteiger partial charge in [-0.3, -0.25) is 9.59 Å². The molecule has 0 spiro atoms. The number of nitrogens with zero attached hydrogens (tertiary/aromatic N) is 3. The van der Waals surface area contributed by atoms with E-state index in [0.717, 1.165) is 5.57 Å². The third-order valence-electron chi connectivity index (χ3n) is 5.98. The number of pyridine rings is 2. The number of methoxy groups -OCH3 is 1. The fraction of sp³-hybridized carbons (Fsp3) is 0.118. The molecule has 1 aliphatic heterocycles. The Labute approximate surface area is 288 Å². The number of halogens is 8. The van der Waals surface area contributed by atoms with Gasteiger partial charge in [0, 0.05) is 54.8 Å². The zero-order valence-electron chi connectivity index (χ0n) is 25.8. The van der Waals surface area contributed by atoms with Crippen LogP contribution in [0, 0.1) is 34.9 Å². The molecule has 2 aromatic carbocycles. The summed E-state index contributed by atoms with van der Waals surface area (Å²) in [7, 11) is 1.61. The van der Waals surface area contributed by atoms with Crippen LogP contribution in [0.1, 0.15) is 35.3 Å². The van der Waals surface area contributed by atoms with Gasteiger partial charge < -0.3 is 15.4 Å². The quantitative estimate of drug-likeness (QED) is 0.0721. The third-order valence-corrected chi connectivity index (χ3v) is 6.59. The van der Waals surface area contributed by atoms with Crippen LogP contribution in [0.15, 0.2) is 97.7 Å². The molecule has 3 heterocycles. The third kappa shape index (κ3) is 12.4. The fourth-order valence-electron chi connectivity index (χ4n) is 3.80. The highest BCUT2D eigenvalue weighted by Crippen LogP contribution is 2.38. The molecule has 2 aromatic heterocycles. The van der Waals surface area contributed by atoms with Crippen LogP contribution in [-0.4, -0.2) is 29.1 Å². The first-order valence-corrected chi connectivity index (χ1v) is 14.5. The summed E-state index contributed by atoms with van der Waals surface area (Å²) >= 11 is 11.5. The van der Waals surface area contributed by atoms with Crippen LogP contribution in [0.25, 0.3) is 0 Å². The topological polar surface area (TPSA) is 98.4 Å². The lowest BCUT2D eigenvalue weighted by atomic mass is 9.95. The van der Waals surface area contributed by atoms with Crippen molar-refractivity contribution >= 4 is 46.6 Å². The lowest BCUT2D eigenvalue weighted by molar-refractivity contribution is -0.115. The maximum Gasteiger partial charge on any atom is 0.159 e. The molecule has 0 saturated carbocycles. The molecule has 0 aliphatic carbocycles. The summed E-state index contributed by atoms with van der Waals surface area (Å²) in [5.74, 6) is -6.83. The van der Waals surface area contributed by atoms with Crippen molar-refractivity contribution < 1.29 is 40.7 Å². The standard InChI is InChI=1S/C16H10ClF3N2O.C7H3F3O.C6H10O.C5H5ClN2/c17-16-13(2-1-4-21-16)22-5-3-10(23)8-14(22)15-11(19)6-9(18)7-12(15)20;8-4-1-6(9)5(3-11)7(10)2-4;1-6(2)4-5-7-3;6-5-4(7)2-1-3-8-5/h1-7,14H,8H2;1-3H;4-5H,1H2,2-3H3;1-3H,7H2/b;;5-4+;. The first kappa shape index (κ1) is 40.0. The van der Waals surface area contributed by atoms with Crippen molar-refractivity contribution in [2.24, 2.45) is 0 Å². The minimum Gasteiger partial charge on any atom is -0.504 e. The number of hydrogen-bond acceptors (Lipinski definition) is 7. The van der Waals surface area contributed by atoms with Gasteiger partial charge in [-0.1, -0.05) is 35.4 Å². The average Bonchev–Trinajstić information content (AvgIpc) is 3.02. The molecule has 1 unspecified atom stereocenters. The second-order valence-electron chi connectivity index (χ2n) is 9.67. The normalized spacial score (nSPS) is 13.3. The van der Waals surface area contributed by atoms with Crippen LogP contribution in [0.5, 0.6) is 0 Å². The van der Waals surface area contributed by atoms with Gasteiger partial charge in [0.1, 0.15) is 34.9 Å². The molecular formula is C34H28Cl2F6N4O3. The maximum atomic E-state index is 14.1. The minimum atomic E-state index is -1.18. The Morgan fingerprint density at radius 3 is 1.90 bits per heavy atom. The van der Waals surface area contributed by atoms with Crippen molar-refractivity contribution in [2.45, 2.75) is 19.4 Å². The molecule has 4 aromatic rings. The van der Waals surface area contributed by atoms with E-state index in [1.54, 1.807) is 49.9 Å². The van der Waals surface area contributed by atoms with Crippen molar-refractivity contribution in [2.75, 3.05) is 17.7 Å². The Morgan fingerprint density at radius 1 is 0.939 bits per heavy atom. The highest BCUT2D eigenvalue weighted by atomic mass is 35.5. The van der Waals surface area contributed by atoms with Crippen LogP contribution < -0.4 is 10.6 Å². The largest absolute Gasteiger partial charge is 0.504 e. The van der Waals surface area contributed by atoms with Crippen molar-refractivity contribution in [3.8, 4) is 0 Å². The second-order valence-corrected chi connectivity index (χ2v) is 10.4. The zero-order chi connectivity index (χ0) is 36.7. The molecule has 5 rings (SSSR count). The van der Waals surface area contributed by atoms with Crippen molar-refractivity contribution in [3.05, 3.63) is 154 Å². The molecule has 0 amide bonds. The van der Waals surface area contributed by atoms with E-state index >= 15 is 0 Å². The highest BCUT2D eigenvalue weighted by Gasteiger charge is 2.31. The number of anilines is 2. The van der Waals surface area contributed by atoms with Gasteiger partial charge in [-0.15, -0.1) is 0 Å². The number of hydrogen-bond donors (Lipinski definition) is 1. The molecule has 0 bridgehead atoms. The van der Waals surface area contributed by atoms with Gasteiger partial charge in [-0.05, 0) is 43.3 Å². The molecule has 7 nitrogen and oxygen atoms in total. The van der Waals surface area contributed by atoms with Gasteiger partial charge in [0.15, 0.2) is 22.4 Å². The summed E-state index contributed by atoms with van der Waals surface area (Å²) in [5, 5.41) is 0.493. The molecule has 49 heavy (non-hydrogen) atoms. The van der Waals surface area contributed by atoms with E-state index in [9.17, 15) is 35.9 Å². The molecular weight excluding hydrogens is 697 g/mol. The van der Waals surface area contributed by atoms with Crippen LogP contribution in [-0.2, 0) is 9.53 Å². The number of ether oxygens (including phenoxy) is 1. The SMILES string of the molecule is C=C(C)/C=C/OC.Nc1cccnc1Cl.O=C1C=CN(c2cccnc2Cl)C(c2c(F)cc(F)cc2F)C1.O=Cc1c(F)cc(F)cc1F. The van der Waals surface area contributed by atoms with Crippen LogP contribution in [0.4, 0.5) is 37.7 Å². The second kappa shape index (κ2) is 19.6. The monoisotopic (exact) mass is 724 g/mol. The minimum absolute atomic E-state index is 0.00407. The Morgan fingerprint density at radius 2 is 1.47 bits per heavy atom. The number of benzene rings is 2. The number of ketones is 1. The Bertz CT molecular complexity index is 1770. The van der Waals surface area contributed by atoms with Gasteiger partial charge in [-0.2, -0.15) is 0 Å². The number of nitrogen functional groups attached to an aromatic ring is 1. The van der Waals surface area contributed by atoms with Crippen molar-refractivity contribution in [1.29, 1.82) is 0 Å². The van der Waals surface area contributed by atoms with Crippen LogP contribution in [0.2, 0.25) is 10.3 Å². The van der Waals surface area contributed by atoms with E-state index in [0.29, 0.717) is 40.8 Å². The number of nitrogens with two attached hydrogens (primary N) is 1. The molecule has 1 atom stereocenters. The Hall–Kier alpha value is -5.14. The molecule has 1 aliphatic rings. The number of aldehydes is 1. The summed E-state index contributed by atoms with van der Waals surface area (Å²) in [6.07, 6.45) is 8.99. The molecule has 0 fully saturated rings. The summed E-state index contributed by atoms with van der Waals surface area (Å²) in [5.41, 5.74) is 6.11. The predicted molar refractivity (Wildman–Crippen MR) is 176 cm³/mol. The molecule has 2 N–H and O–H groups in total. The van der Waals surface area contributed by atoms with E-state index in [4.69, 9.17) is 28.9 Å². The number of carbonyl (C=O) groups excluding carboxylic acids is 2. The van der Waals surface area contributed by atoms with E-state index < -0.39 is 46.5 Å². The first-order chi connectivity index (χ1) is 23.2. The van der Waals surface area contributed by atoms with Crippen molar-refractivity contribution in [3.63, 3.8) is 0 Å². The number of aromatic nitrogens is 2. The molecule has 15 heteroatoms. The summed E-state index contributed by atoms with van der Waals surface area (Å²) in [6, 6.07) is 7.77. The van der Waals surface area contributed by atoms with Gasteiger partial charge in [-0.25, -0.2) is 36.3 Å². The van der Waals surface area contributed by atoms with E-state index in [1.807, 2.05) is 6.92 Å². The van der Waals surface area contributed by atoms with Crippen LogP contribution >= 0.6 is 23.2 Å². The zero-order valence-corrected chi connectivity index (χ0v) is 27.3. The predicted octanol–water partition coefficient (Wildman–Crippen LogP) is 9.14. The van der Waals surface area contributed by atoms with E-state index in [1.165, 1.54) is 23.4 Å². The first-order valence-electron chi connectivity index (χ1n) is 13.7. The van der Waals surface area contributed by atoms with Gasteiger partial charge in [0.05, 0.1) is 36.4 Å². The molecule has 0 radical (unpaired) electrons. The maximum absolute atomic E-state index is 14.1. The van der Waals surface area contributed by atoms with Gasteiger partial charge >= 0.3 is 0 Å². The fourth-order valence-corrected chi connectivity index (χ4v) is 4.14. The molecule has 258 valence electrons. The summed E-state index contributed by atoms with van der Waals surface area (Å²) < 4.78 is 82.9. The highest BCUT2D eigenvalue weighted by molar-refractivity contribution is 6.32. The number of rotatable bonds is 5. The van der Waals surface area contributed by atoms with E-state index in [-0.39, 0.29) is 29.2 Å². The van der Waals surface area contributed by atoms with Gasteiger partial charge in [0.2, 0.25) is 0 Å². The number of allylic oxidation sites excluding steroid dienone is 3. The smallest absolute Gasteiger partial charge is 0.159 e. The Kier molecular flexibility index (Phi) is 16.0. The lowest BCUT2D eigenvalue weighted by Crippen LogP contribution is -2.30.